The van der Waals surface area contributed by atoms with Crippen LogP contribution in [-0.4, -0.2) is 50.6 Å². The van der Waals surface area contributed by atoms with Crippen molar-refractivity contribution in [1.29, 1.82) is 0 Å². The number of hydrogen-bond acceptors (Lipinski definition) is 4. The summed E-state index contributed by atoms with van der Waals surface area (Å²) in [6.45, 7) is 5.70. The molecule has 1 aliphatic rings. The van der Waals surface area contributed by atoms with Crippen LogP contribution >= 0.6 is 0 Å². The monoisotopic (exact) mass is 458 g/mol. The third-order valence-corrected chi connectivity index (χ3v) is 7.87. The Morgan fingerprint density at radius 1 is 1.09 bits per heavy atom. The first kappa shape index (κ1) is 24.3. The van der Waals surface area contributed by atoms with E-state index >= 15 is 0 Å². The molecule has 2 aromatic rings. The van der Waals surface area contributed by atoms with E-state index in [0.29, 0.717) is 45.5 Å². The number of ether oxygens (including phenoxy) is 1. The van der Waals surface area contributed by atoms with Gasteiger partial charge in [0.15, 0.2) is 0 Å². The molecule has 1 amide bonds. The topological polar surface area (TPSA) is 75.7 Å². The van der Waals surface area contributed by atoms with Gasteiger partial charge >= 0.3 is 0 Å². The number of nitrogens with zero attached hydrogens (tertiary/aromatic N) is 1. The van der Waals surface area contributed by atoms with Crippen molar-refractivity contribution < 1.29 is 17.9 Å². The molecule has 0 unspecified atom stereocenters. The minimum atomic E-state index is -3.28. The number of carbonyl (C=O) groups excluding carboxylic acids is 1. The van der Waals surface area contributed by atoms with Gasteiger partial charge in [-0.25, -0.2) is 12.7 Å². The maximum atomic E-state index is 12.7. The van der Waals surface area contributed by atoms with Gasteiger partial charge in [-0.1, -0.05) is 48.0 Å². The van der Waals surface area contributed by atoms with Crippen LogP contribution in [0.25, 0.3) is 0 Å². The summed E-state index contributed by atoms with van der Waals surface area (Å²) in [4.78, 5) is 12.5. The molecule has 1 aliphatic heterocycles. The summed E-state index contributed by atoms with van der Waals surface area (Å²) in [7, 11) is -3.28. The number of hydrogen-bond donors (Lipinski definition) is 1. The van der Waals surface area contributed by atoms with Crippen molar-refractivity contribution in [1.82, 2.24) is 9.62 Å². The highest BCUT2D eigenvalue weighted by atomic mass is 32.2. The number of rotatable bonds is 10. The summed E-state index contributed by atoms with van der Waals surface area (Å²) in [6.07, 6.45) is 2.47. The molecule has 1 saturated heterocycles. The van der Waals surface area contributed by atoms with Crippen LogP contribution in [0.3, 0.4) is 0 Å². The molecule has 7 heteroatoms. The molecule has 0 aromatic heterocycles. The van der Waals surface area contributed by atoms with Gasteiger partial charge in [0.2, 0.25) is 15.9 Å². The van der Waals surface area contributed by atoms with E-state index in [-0.39, 0.29) is 17.6 Å². The van der Waals surface area contributed by atoms with Gasteiger partial charge in [-0.05, 0) is 56.7 Å². The molecule has 0 spiro atoms. The lowest BCUT2D eigenvalue weighted by Gasteiger charge is -2.30. The minimum absolute atomic E-state index is 0.0182. The average molecular weight is 459 g/mol. The Labute approximate surface area is 192 Å². The normalized spacial score (nSPS) is 15.4. The van der Waals surface area contributed by atoms with Crippen molar-refractivity contribution >= 4 is 15.9 Å². The smallest absolute Gasteiger partial charge is 0.223 e. The molecule has 1 N–H and O–H groups in total. The zero-order valence-electron chi connectivity index (χ0n) is 19.0. The first-order valence-electron chi connectivity index (χ1n) is 11.3. The Kier molecular flexibility index (Phi) is 8.70. The second-order valence-electron chi connectivity index (χ2n) is 8.49. The number of piperidine rings is 1. The van der Waals surface area contributed by atoms with Crippen LogP contribution in [0, 0.1) is 19.8 Å². The highest BCUT2D eigenvalue weighted by molar-refractivity contribution is 7.89. The van der Waals surface area contributed by atoms with Gasteiger partial charge in [-0.3, -0.25) is 4.79 Å². The van der Waals surface area contributed by atoms with E-state index in [4.69, 9.17) is 4.74 Å². The van der Waals surface area contributed by atoms with Crippen molar-refractivity contribution in [3.8, 4) is 5.75 Å². The maximum Gasteiger partial charge on any atom is 0.223 e. The maximum absolute atomic E-state index is 12.7. The van der Waals surface area contributed by atoms with E-state index in [1.165, 1.54) is 5.56 Å². The molecule has 0 saturated carbocycles. The molecule has 6 nitrogen and oxygen atoms in total. The van der Waals surface area contributed by atoms with Crippen LogP contribution in [0.4, 0.5) is 0 Å². The van der Waals surface area contributed by atoms with Gasteiger partial charge in [0.1, 0.15) is 12.4 Å². The lowest BCUT2D eigenvalue weighted by Crippen LogP contribution is -2.44. The quantitative estimate of drug-likeness (QED) is 0.553. The van der Waals surface area contributed by atoms with E-state index in [1.807, 2.05) is 56.3 Å². The summed E-state index contributed by atoms with van der Waals surface area (Å²) in [5.74, 6) is 0.812. The SMILES string of the molecule is Cc1ccc(OCCNC(=O)C2CCN(S(=O)(=O)CCCc3ccccc3)CC2)c(C)c1. The molecule has 0 radical (unpaired) electrons. The Morgan fingerprint density at radius 2 is 1.81 bits per heavy atom. The van der Waals surface area contributed by atoms with Gasteiger partial charge < -0.3 is 10.1 Å². The van der Waals surface area contributed by atoms with Crippen LogP contribution in [0.1, 0.15) is 36.0 Å². The fourth-order valence-electron chi connectivity index (χ4n) is 4.07. The number of sulfonamides is 1. The van der Waals surface area contributed by atoms with Gasteiger partial charge in [-0.15, -0.1) is 0 Å². The highest BCUT2D eigenvalue weighted by Crippen LogP contribution is 2.21. The van der Waals surface area contributed by atoms with Crippen LogP contribution in [0.15, 0.2) is 48.5 Å². The molecule has 174 valence electrons. The Balaban J connectivity index is 1.35. The van der Waals surface area contributed by atoms with Crippen LogP contribution in [-0.2, 0) is 21.2 Å². The van der Waals surface area contributed by atoms with Crippen LogP contribution < -0.4 is 10.1 Å². The van der Waals surface area contributed by atoms with E-state index in [9.17, 15) is 13.2 Å². The molecule has 1 fully saturated rings. The number of carbonyl (C=O) groups is 1. The first-order chi connectivity index (χ1) is 15.3. The molecule has 0 aliphatic carbocycles. The Hall–Kier alpha value is -2.38. The minimum Gasteiger partial charge on any atom is -0.491 e. The zero-order valence-corrected chi connectivity index (χ0v) is 19.9. The fraction of sp³-hybridized carbons (Fsp3) is 0.480. The van der Waals surface area contributed by atoms with Gasteiger partial charge in [0.25, 0.3) is 0 Å². The third kappa shape index (κ3) is 7.07. The number of nitrogens with one attached hydrogen (secondary N) is 1. The van der Waals surface area contributed by atoms with Gasteiger partial charge in [-0.2, -0.15) is 0 Å². The second kappa shape index (κ2) is 11.5. The summed E-state index contributed by atoms with van der Waals surface area (Å²) in [6, 6.07) is 15.9. The Morgan fingerprint density at radius 3 is 2.50 bits per heavy atom. The number of benzene rings is 2. The number of aryl methyl sites for hydroxylation is 3. The predicted octanol–water partition coefficient (Wildman–Crippen LogP) is 3.47. The summed E-state index contributed by atoms with van der Waals surface area (Å²) < 4.78 is 32.6. The lowest BCUT2D eigenvalue weighted by molar-refractivity contribution is -0.126. The zero-order chi connectivity index (χ0) is 23.0. The summed E-state index contributed by atoms with van der Waals surface area (Å²) in [5.41, 5.74) is 3.42. The first-order valence-corrected chi connectivity index (χ1v) is 13.0. The molecule has 3 rings (SSSR count). The lowest BCUT2D eigenvalue weighted by atomic mass is 9.97. The van der Waals surface area contributed by atoms with Gasteiger partial charge in [0, 0.05) is 19.0 Å². The molecule has 0 bridgehead atoms. The largest absolute Gasteiger partial charge is 0.491 e. The summed E-state index contributed by atoms with van der Waals surface area (Å²) >= 11 is 0. The molecule has 32 heavy (non-hydrogen) atoms. The van der Waals surface area contributed by atoms with E-state index in [1.54, 1.807) is 4.31 Å². The molecular formula is C25H34N2O4S. The number of amides is 1. The van der Waals surface area contributed by atoms with Crippen LogP contribution in [0.5, 0.6) is 5.75 Å². The average Bonchev–Trinajstić information content (AvgIpc) is 2.78. The Bertz CT molecular complexity index is 984. The van der Waals surface area contributed by atoms with Gasteiger partial charge in [0.05, 0.1) is 12.3 Å². The van der Waals surface area contributed by atoms with Crippen LogP contribution in [0.2, 0.25) is 0 Å². The molecule has 0 atom stereocenters. The van der Waals surface area contributed by atoms with Crippen molar-refractivity contribution in [3.05, 3.63) is 65.2 Å². The standard InChI is InChI=1S/C25H34N2O4S/c1-20-10-11-24(21(2)19-20)31-17-14-26-25(28)23-12-15-27(16-13-23)32(29,30)18-6-9-22-7-4-3-5-8-22/h3-5,7-8,10-11,19,23H,6,9,12-18H2,1-2H3,(H,26,28). The molecule has 1 heterocycles. The van der Waals surface area contributed by atoms with E-state index < -0.39 is 10.0 Å². The van der Waals surface area contributed by atoms with E-state index in [2.05, 4.69) is 11.4 Å². The predicted molar refractivity (Wildman–Crippen MR) is 127 cm³/mol. The van der Waals surface area contributed by atoms with Crippen molar-refractivity contribution in [2.24, 2.45) is 5.92 Å². The fourth-order valence-corrected chi connectivity index (χ4v) is 5.60. The van der Waals surface area contributed by atoms with E-state index in [0.717, 1.165) is 23.3 Å². The second-order valence-corrected chi connectivity index (χ2v) is 10.6. The third-order valence-electron chi connectivity index (χ3n) is 5.92. The van der Waals surface area contributed by atoms with Crippen molar-refractivity contribution in [2.75, 3.05) is 32.0 Å². The van der Waals surface area contributed by atoms with Crippen molar-refractivity contribution in [2.45, 2.75) is 39.5 Å². The van der Waals surface area contributed by atoms with Crippen molar-refractivity contribution in [3.63, 3.8) is 0 Å². The highest BCUT2D eigenvalue weighted by Gasteiger charge is 2.30. The molecule has 2 aromatic carbocycles. The molecular weight excluding hydrogens is 424 g/mol. The summed E-state index contributed by atoms with van der Waals surface area (Å²) in [5, 5.41) is 2.93.